The number of carbonyl (C=O) groups is 2. The molecule has 0 unspecified atom stereocenters. The second-order valence-electron chi connectivity index (χ2n) is 7.03. The van der Waals surface area contributed by atoms with Crippen LogP contribution in [0.2, 0.25) is 0 Å². The number of aryl methyl sites for hydroxylation is 1. The smallest absolute Gasteiger partial charge is 0.274 e. The average molecular weight is 407 g/mol. The third-order valence-electron chi connectivity index (χ3n) is 4.82. The van der Waals surface area contributed by atoms with Crippen molar-refractivity contribution in [2.24, 2.45) is 0 Å². The van der Waals surface area contributed by atoms with Gasteiger partial charge in [0.25, 0.3) is 11.8 Å². The van der Waals surface area contributed by atoms with E-state index in [9.17, 15) is 9.59 Å². The number of hydrogen-bond donors (Lipinski definition) is 2. The number of anilines is 1. The maximum atomic E-state index is 13.1. The van der Waals surface area contributed by atoms with Gasteiger partial charge in [-0.25, -0.2) is 4.98 Å². The molecule has 2 aromatic carbocycles. The van der Waals surface area contributed by atoms with Crippen LogP contribution in [0.25, 0.3) is 5.69 Å². The zero-order valence-corrected chi connectivity index (χ0v) is 17.1. The minimum absolute atomic E-state index is 0.109. The van der Waals surface area contributed by atoms with Gasteiger partial charge in [-0.3, -0.25) is 14.2 Å². The highest BCUT2D eigenvalue weighted by molar-refractivity contribution is 7.98. The second kappa shape index (κ2) is 8.13. The summed E-state index contributed by atoms with van der Waals surface area (Å²) in [6, 6.07) is 15.3. The summed E-state index contributed by atoms with van der Waals surface area (Å²) in [6.45, 7) is 1.90. The van der Waals surface area contributed by atoms with Crippen LogP contribution in [0.4, 0.5) is 5.69 Å². The lowest BCUT2D eigenvalue weighted by atomic mass is 10.1. The topological polar surface area (TPSA) is 76.0 Å². The quantitative estimate of drug-likeness (QED) is 0.606. The van der Waals surface area contributed by atoms with Crippen molar-refractivity contribution in [1.82, 2.24) is 14.9 Å². The highest BCUT2D eigenvalue weighted by Crippen LogP contribution is 2.24. The summed E-state index contributed by atoms with van der Waals surface area (Å²) < 4.78 is 1.83. The van der Waals surface area contributed by atoms with Gasteiger partial charge in [0, 0.05) is 23.0 Å². The van der Waals surface area contributed by atoms with E-state index < -0.39 is 0 Å². The van der Waals surface area contributed by atoms with Gasteiger partial charge < -0.3 is 10.6 Å². The van der Waals surface area contributed by atoms with E-state index in [0.29, 0.717) is 16.9 Å². The van der Waals surface area contributed by atoms with Crippen LogP contribution >= 0.6 is 11.8 Å². The molecule has 0 spiro atoms. The summed E-state index contributed by atoms with van der Waals surface area (Å²) in [5, 5.41) is 6.66. The average Bonchev–Trinajstić information content (AvgIpc) is 3.44. The maximum absolute atomic E-state index is 13.1. The van der Waals surface area contributed by atoms with Gasteiger partial charge in [0.05, 0.1) is 6.20 Å². The van der Waals surface area contributed by atoms with Crippen LogP contribution in [0.5, 0.6) is 0 Å². The van der Waals surface area contributed by atoms with Crippen molar-refractivity contribution in [2.75, 3.05) is 11.6 Å². The molecule has 4 rings (SSSR count). The fourth-order valence-electron chi connectivity index (χ4n) is 3.05. The molecule has 0 aliphatic heterocycles. The minimum atomic E-state index is -0.274. The molecule has 0 bridgehead atoms. The molecule has 1 aliphatic rings. The molecule has 0 radical (unpaired) electrons. The first-order valence-electron chi connectivity index (χ1n) is 9.47. The Hall–Kier alpha value is -3.06. The van der Waals surface area contributed by atoms with Gasteiger partial charge in [0.1, 0.15) is 5.69 Å². The number of imidazole rings is 1. The van der Waals surface area contributed by atoms with Crippen LogP contribution in [0.1, 0.15) is 39.3 Å². The van der Waals surface area contributed by atoms with E-state index in [-0.39, 0.29) is 17.9 Å². The largest absolute Gasteiger partial charge is 0.349 e. The minimum Gasteiger partial charge on any atom is -0.349 e. The SMILES string of the molecule is CSc1ncc(C(=O)Nc2cc(C(=O)NC3CC3)ccc2C)n1-c1ccccc1. The third-order valence-corrected chi connectivity index (χ3v) is 5.47. The summed E-state index contributed by atoms with van der Waals surface area (Å²) in [5.74, 6) is -0.383. The molecule has 1 saturated carbocycles. The molecule has 0 atom stereocenters. The summed E-state index contributed by atoms with van der Waals surface area (Å²) in [6.07, 6.45) is 5.56. The maximum Gasteiger partial charge on any atom is 0.274 e. The third kappa shape index (κ3) is 4.19. The first kappa shape index (κ1) is 19.3. The number of para-hydroxylation sites is 1. The van der Waals surface area contributed by atoms with Crippen molar-refractivity contribution in [1.29, 1.82) is 0 Å². The van der Waals surface area contributed by atoms with Crippen LogP contribution in [0.3, 0.4) is 0 Å². The van der Waals surface area contributed by atoms with Crippen LogP contribution in [0.15, 0.2) is 59.9 Å². The number of aromatic nitrogens is 2. The zero-order chi connectivity index (χ0) is 20.4. The molecule has 0 saturated heterocycles. The molecule has 1 aromatic heterocycles. The molecule has 29 heavy (non-hydrogen) atoms. The summed E-state index contributed by atoms with van der Waals surface area (Å²) in [7, 11) is 0. The fraction of sp³-hybridized carbons (Fsp3) is 0.227. The monoisotopic (exact) mass is 406 g/mol. The second-order valence-corrected chi connectivity index (χ2v) is 7.81. The first-order valence-corrected chi connectivity index (χ1v) is 10.7. The number of amides is 2. The summed E-state index contributed by atoms with van der Waals surface area (Å²) in [5.41, 5.74) is 3.35. The van der Waals surface area contributed by atoms with E-state index in [4.69, 9.17) is 0 Å². The normalized spacial score (nSPS) is 13.2. The van der Waals surface area contributed by atoms with E-state index in [0.717, 1.165) is 29.2 Å². The van der Waals surface area contributed by atoms with Crippen molar-refractivity contribution >= 4 is 29.3 Å². The highest BCUT2D eigenvalue weighted by Gasteiger charge is 2.24. The van der Waals surface area contributed by atoms with E-state index in [1.165, 1.54) is 11.8 Å². The van der Waals surface area contributed by atoms with Gasteiger partial charge in [-0.15, -0.1) is 0 Å². The van der Waals surface area contributed by atoms with E-state index in [1.807, 2.05) is 54.1 Å². The predicted molar refractivity (Wildman–Crippen MR) is 115 cm³/mol. The standard InChI is InChI=1S/C22H22N4O2S/c1-14-8-9-15(20(27)24-16-10-11-16)12-18(14)25-21(28)19-13-23-22(29-2)26(19)17-6-4-3-5-7-17/h3-9,12-13,16H,10-11H2,1-2H3,(H,24,27)(H,25,28). The number of rotatable bonds is 6. The van der Waals surface area contributed by atoms with Crippen LogP contribution in [-0.2, 0) is 0 Å². The number of nitrogens with zero attached hydrogens (tertiary/aromatic N) is 2. The van der Waals surface area contributed by atoms with Crippen molar-refractivity contribution in [3.8, 4) is 5.69 Å². The molecule has 3 aromatic rings. The van der Waals surface area contributed by atoms with Crippen LogP contribution in [0, 0.1) is 6.92 Å². The molecule has 2 N–H and O–H groups in total. The Morgan fingerprint density at radius 3 is 2.55 bits per heavy atom. The lowest BCUT2D eigenvalue weighted by Gasteiger charge is -2.13. The van der Waals surface area contributed by atoms with E-state index in [1.54, 1.807) is 18.3 Å². The van der Waals surface area contributed by atoms with E-state index in [2.05, 4.69) is 15.6 Å². The lowest BCUT2D eigenvalue weighted by Crippen LogP contribution is -2.25. The van der Waals surface area contributed by atoms with Gasteiger partial charge in [-0.1, -0.05) is 36.0 Å². The van der Waals surface area contributed by atoms with Crippen molar-refractivity contribution in [3.63, 3.8) is 0 Å². The van der Waals surface area contributed by atoms with Crippen molar-refractivity contribution in [2.45, 2.75) is 31.0 Å². The number of carbonyl (C=O) groups excluding carboxylic acids is 2. The van der Waals surface area contributed by atoms with Gasteiger partial charge in [0.15, 0.2) is 5.16 Å². The highest BCUT2D eigenvalue weighted by atomic mass is 32.2. The zero-order valence-electron chi connectivity index (χ0n) is 16.3. The Kier molecular flexibility index (Phi) is 5.40. The number of benzene rings is 2. The molecule has 1 fully saturated rings. The van der Waals surface area contributed by atoms with Gasteiger partial charge in [-0.05, 0) is 55.9 Å². The molecular weight excluding hydrogens is 384 g/mol. The van der Waals surface area contributed by atoms with Crippen molar-refractivity contribution in [3.05, 3.63) is 71.5 Å². The van der Waals surface area contributed by atoms with Gasteiger partial charge in [0.2, 0.25) is 0 Å². The Bertz CT molecular complexity index is 1060. The van der Waals surface area contributed by atoms with Crippen LogP contribution < -0.4 is 10.6 Å². The number of nitrogens with one attached hydrogen (secondary N) is 2. The molecule has 6 nitrogen and oxygen atoms in total. The number of hydrogen-bond acceptors (Lipinski definition) is 4. The molecule has 148 valence electrons. The molecule has 1 heterocycles. The first-order chi connectivity index (χ1) is 14.1. The Morgan fingerprint density at radius 1 is 1.10 bits per heavy atom. The van der Waals surface area contributed by atoms with Gasteiger partial charge >= 0.3 is 0 Å². The summed E-state index contributed by atoms with van der Waals surface area (Å²) in [4.78, 5) is 29.8. The Labute approximate surface area is 173 Å². The Balaban J connectivity index is 1.62. The number of thioether (sulfide) groups is 1. The lowest BCUT2D eigenvalue weighted by molar-refractivity contribution is 0.0949. The molecular formula is C22H22N4O2S. The summed E-state index contributed by atoms with van der Waals surface area (Å²) >= 11 is 1.47. The molecule has 1 aliphatic carbocycles. The van der Waals surface area contributed by atoms with Crippen LogP contribution in [-0.4, -0.2) is 33.7 Å². The molecule has 7 heteroatoms. The fourth-order valence-corrected chi connectivity index (χ4v) is 3.59. The van der Waals surface area contributed by atoms with Gasteiger partial charge in [-0.2, -0.15) is 0 Å². The predicted octanol–water partition coefficient (Wildman–Crippen LogP) is 4.05. The molecule has 2 amide bonds. The van der Waals surface area contributed by atoms with Crippen molar-refractivity contribution < 1.29 is 9.59 Å². The Morgan fingerprint density at radius 2 is 1.86 bits per heavy atom. The van der Waals surface area contributed by atoms with E-state index >= 15 is 0 Å².